The van der Waals surface area contributed by atoms with Gasteiger partial charge in [-0.1, -0.05) is 26.2 Å². The van der Waals surface area contributed by atoms with Gasteiger partial charge in [-0.15, -0.1) is 11.8 Å². The van der Waals surface area contributed by atoms with Crippen LogP contribution in [-0.4, -0.2) is 22.2 Å². The van der Waals surface area contributed by atoms with Crippen molar-refractivity contribution in [1.29, 1.82) is 0 Å². The molecule has 3 rings (SSSR count). The molecule has 0 spiro atoms. The van der Waals surface area contributed by atoms with Gasteiger partial charge in [-0.25, -0.2) is 14.8 Å². The van der Waals surface area contributed by atoms with Crippen molar-refractivity contribution in [1.82, 2.24) is 9.97 Å². The molecule has 4 nitrogen and oxygen atoms in total. The van der Waals surface area contributed by atoms with Crippen LogP contribution >= 0.6 is 11.8 Å². The zero-order valence-corrected chi connectivity index (χ0v) is 17.7. The first-order valence-corrected chi connectivity index (χ1v) is 11.2. The van der Waals surface area contributed by atoms with Crippen molar-refractivity contribution in [2.24, 2.45) is 0 Å². The molecular formula is C24H26N2O2S. The summed E-state index contributed by atoms with van der Waals surface area (Å²) < 4.78 is 5.46. The summed E-state index contributed by atoms with van der Waals surface area (Å²) in [5.74, 6) is 0.808. The Morgan fingerprint density at radius 2 is 1.62 bits per heavy atom. The Bertz CT molecular complexity index is 907. The predicted molar refractivity (Wildman–Crippen MR) is 118 cm³/mol. The average Bonchev–Trinajstić information content (AvgIpc) is 2.78. The van der Waals surface area contributed by atoms with E-state index in [1.807, 2.05) is 42.9 Å². The molecule has 29 heavy (non-hydrogen) atoms. The average molecular weight is 407 g/mol. The highest BCUT2D eigenvalue weighted by atomic mass is 32.2. The second-order valence-corrected chi connectivity index (χ2v) is 7.75. The van der Waals surface area contributed by atoms with Gasteiger partial charge in [-0.2, -0.15) is 0 Å². The van der Waals surface area contributed by atoms with E-state index in [0.29, 0.717) is 17.1 Å². The summed E-state index contributed by atoms with van der Waals surface area (Å²) in [4.78, 5) is 22.4. The first-order valence-electron chi connectivity index (χ1n) is 9.97. The number of aromatic nitrogens is 2. The van der Waals surface area contributed by atoms with E-state index in [1.54, 1.807) is 36.0 Å². The molecule has 150 valence electrons. The third-order valence-electron chi connectivity index (χ3n) is 4.67. The molecule has 0 N–H and O–H groups in total. The van der Waals surface area contributed by atoms with Crippen LogP contribution in [0.25, 0.3) is 11.4 Å². The maximum Gasteiger partial charge on any atom is 0.343 e. The second-order valence-electron chi connectivity index (χ2n) is 6.87. The van der Waals surface area contributed by atoms with Gasteiger partial charge in [0, 0.05) is 22.9 Å². The smallest absolute Gasteiger partial charge is 0.343 e. The molecule has 3 aromatic rings. The van der Waals surface area contributed by atoms with E-state index in [9.17, 15) is 4.79 Å². The minimum atomic E-state index is -0.367. The number of benzene rings is 2. The number of hydrogen-bond donors (Lipinski definition) is 0. The van der Waals surface area contributed by atoms with E-state index in [0.717, 1.165) is 16.9 Å². The van der Waals surface area contributed by atoms with Crippen molar-refractivity contribution < 1.29 is 9.53 Å². The first kappa shape index (κ1) is 21.1. The van der Waals surface area contributed by atoms with Crippen LogP contribution in [0.1, 0.15) is 48.5 Å². The van der Waals surface area contributed by atoms with Crippen molar-refractivity contribution in [3.63, 3.8) is 0 Å². The number of esters is 1. The lowest BCUT2D eigenvalue weighted by molar-refractivity contribution is 0.0734. The van der Waals surface area contributed by atoms with Crippen molar-refractivity contribution >= 4 is 17.7 Å². The standard InChI is InChI=1S/C24H26N2O2S/c1-3-4-5-6-7-18-16-25-23(26-17-18)19-8-12-21(13-9-19)28-24(27)20-10-14-22(29-2)15-11-20/h8-17H,3-7H2,1-2H3. The quantitative estimate of drug-likeness (QED) is 0.183. The molecule has 0 bridgehead atoms. The van der Waals surface area contributed by atoms with Crippen LogP contribution in [0.3, 0.4) is 0 Å². The van der Waals surface area contributed by atoms with Gasteiger partial charge in [0.25, 0.3) is 0 Å². The topological polar surface area (TPSA) is 52.1 Å². The van der Waals surface area contributed by atoms with Gasteiger partial charge in [-0.3, -0.25) is 0 Å². The summed E-state index contributed by atoms with van der Waals surface area (Å²) in [6.07, 6.45) is 11.8. The molecule has 5 heteroatoms. The highest BCUT2D eigenvalue weighted by molar-refractivity contribution is 7.98. The summed E-state index contributed by atoms with van der Waals surface area (Å²) in [5, 5.41) is 0. The molecule has 0 radical (unpaired) electrons. The van der Waals surface area contributed by atoms with Crippen LogP contribution in [0, 0.1) is 0 Å². The van der Waals surface area contributed by atoms with E-state index in [2.05, 4.69) is 16.9 Å². The SMILES string of the molecule is CCCCCCc1cnc(-c2ccc(OC(=O)c3ccc(SC)cc3)cc2)nc1. The Balaban J connectivity index is 1.58. The molecule has 0 amide bonds. The molecule has 0 atom stereocenters. The lowest BCUT2D eigenvalue weighted by Crippen LogP contribution is -2.08. The number of carbonyl (C=O) groups excluding carboxylic acids is 1. The number of aryl methyl sites for hydroxylation is 1. The molecule has 0 fully saturated rings. The van der Waals surface area contributed by atoms with E-state index < -0.39 is 0 Å². The maximum atomic E-state index is 12.3. The van der Waals surface area contributed by atoms with Crippen molar-refractivity contribution in [2.75, 3.05) is 6.26 Å². The highest BCUT2D eigenvalue weighted by Crippen LogP contribution is 2.21. The van der Waals surface area contributed by atoms with Crippen LogP contribution in [-0.2, 0) is 6.42 Å². The molecule has 0 saturated carbocycles. The molecule has 2 aromatic carbocycles. The minimum Gasteiger partial charge on any atom is -0.423 e. The minimum absolute atomic E-state index is 0.367. The predicted octanol–water partition coefficient (Wildman–Crippen LogP) is 6.21. The number of thioether (sulfide) groups is 1. The molecule has 0 aliphatic rings. The van der Waals surface area contributed by atoms with Crippen molar-refractivity contribution in [3.05, 3.63) is 72.1 Å². The van der Waals surface area contributed by atoms with Gasteiger partial charge in [0.05, 0.1) is 5.56 Å². The van der Waals surface area contributed by atoms with Crippen LogP contribution in [0.2, 0.25) is 0 Å². The van der Waals surface area contributed by atoms with Crippen molar-refractivity contribution in [3.8, 4) is 17.1 Å². The summed E-state index contributed by atoms with van der Waals surface area (Å²) in [6, 6.07) is 14.7. The monoisotopic (exact) mass is 406 g/mol. The van der Waals surface area contributed by atoms with Gasteiger partial charge in [0.2, 0.25) is 0 Å². The molecular weight excluding hydrogens is 380 g/mol. The van der Waals surface area contributed by atoms with Crippen LogP contribution in [0.5, 0.6) is 5.75 Å². The van der Waals surface area contributed by atoms with E-state index in [1.165, 1.54) is 31.2 Å². The van der Waals surface area contributed by atoms with Gasteiger partial charge >= 0.3 is 5.97 Å². The number of unbranched alkanes of at least 4 members (excludes halogenated alkanes) is 3. The van der Waals surface area contributed by atoms with Gasteiger partial charge in [-0.05, 0) is 73.2 Å². The molecule has 1 aromatic heterocycles. The molecule has 0 aliphatic heterocycles. The number of rotatable bonds is 9. The lowest BCUT2D eigenvalue weighted by atomic mass is 10.1. The van der Waals surface area contributed by atoms with Gasteiger partial charge < -0.3 is 4.74 Å². The number of nitrogens with zero attached hydrogens (tertiary/aromatic N) is 2. The Morgan fingerprint density at radius 1 is 0.931 bits per heavy atom. The zero-order valence-electron chi connectivity index (χ0n) is 16.9. The fourth-order valence-corrected chi connectivity index (χ4v) is 3.36. The molecule has 0 saturated heterocycles. The Kier molecular flexibility index (Phi) is 7.82. The number of carbonyl (C=O) groups is 1. The third kappa shape index (κ3) is 6.16. The lowest BCUT2D eigenvalue weighted by Gasteiger charge is -2.06. The fraction of sp³-hybridized carbons (Fsp3) is 0.292. The largest absolute Gasteiger partial charge is 0.423 e. The fourth-order valence-electron chi connectivity index (χ4n) is 2.95. The van der Waals surface area contributed by atoms with Crippen LogP contribution < -0.4 is 4.74 Å². The maximum absolute atomic E-state index is 12.3. The van der Waals surface area contributed by atoms with Crippen molar-refractivity contribution in [2.45, 2.75) is 43.9 Å². The first-order chi connectivity index (χ1) is 14.2. The molecule has 0 aliphatic carbocycles. The highest BCUT2D eigenvalue weighted by Gasteiger charge is 2.09. The number of hydrogen-bond acceptors (Lipinski definition) is 5. The normalized spacial score (nSPS) is 10.7. The molecule has 1 heterocycles. The molecule has 0 unspecified atom stereocenters. The van der Waals surface area contributed by atoms with E-state index >= 15 is 0 Å². The summed E-state index contributed by atoms with van der Waals surface area (Å²) in [6.45, 7) is 2.22. The zero-order chi connectivity index (χ0) is 20.5. The van der Waals surface area contributed by atoms with E-state index in [4.69, 9.17) is 4.74 Å². The summed E-state index contributed by atoms with van der Waals surface area (Å²) in [7, 11) is 0. The second kappa shape index (κ2) is 10.8. The van der Waals surface area contributed by atoms with E-state index in [-0.39, 0.29) is 5.97 Å². The summed E-state index contributed by atoms with van der Waals surface area (Å²) in [5.41, 5.74) is 2.60. The summed E-state index contributed by atoms with van der Waals surface area (Å²) >= 11 is 1.64. The van der Waals surface area contributed by atoms with Gasteiger partial charge in [0.15, 0.2) is 5.82 Å². The number of ether oxygens (including phenoxy) is 1. The van der Waals surface area contributed by atoms with Crippen LogP contribution in [0.4, 0.5) is 0 Å². The van der Waals surface area contributed by atoms with Gasteiger partial charge in [0.1, 0.15) is 5.75 Å². The Hall–Kier alpha value is -2.66. The Labute approximate surface area is 176 Å². The third-order valence-corrected chi connectivity index (χ3v) is 5.42. The van der Waals surface area contributed by atoms with Crippen LogP contribution in [0.15, 0.2) is 65.8 Å². The Morgan fingerprint density at radius 3 is 2.24 bits per heavy atom.